The number of carbonyl (C=O) groups is 1. The number of hydrogen-bond donors (Lipinski definition) is 1. The Hall–Kier alpha value is -0.280. The van der Waals surface area contributed by atoms with E-state index in [1.165, 1.54) is 57.8 Å². The predicted octanol–water partition coefficient (Wildman–Crippen LogP) is 3.86. The maximum Gasteiger partial charge on any atom is 0.223 e. The molecule has 3 nitrogen and oxygen atoms in total. The molecule has 138 valence electrons. The minimum atomic E-state index is 0. The van der Waals surface area contributed by atoms with Gasteiger partial charge in [-0.1, -0.05) is 0 Å². The van der Waals surface area contributed by atoms with Crippen molar-refractivity contribution in [3.63, 3.8) is 0 Å². The van der Waals surface area contributed by atoms with Crippen molar-refractivity contribution in [2.75, 3.05) is 26.7 Å². The Bertz CT molecular complexity index is 410. The van der Waals surface area contributed by atoms with Crippen molar-refractivity contribution < 1.29 is 4.79 Å². The molecule has 1 heterocycles. The lowest BCUT2D eigenvalue weighted by atomic mass is 9.49. The highest BCUT2D eigenvalue weighted by Crippen LogP contribution is 2.61. The number of carbonyl (C=O) groups excluding carboxylic acids is 1. The highest BCUT2D eigenvalue weighted by atomic mass is 35.5. The summed E-state index contributed by atoms with van der Waals surface area (Å²) < 4.78 is 0. The zero-order valence-corrected chi connectivity index (χ0v) is 16.1. The molecule has 5 fully saturated rings. The van der Waals surface area contributed by atoms with Crippen LogP contribution in [0.15, 0.2) is 0 Å². The monoisotopic (exact) mass is 354 g/mol. The van der Waals surface area contributed by atoms with Crippen molar-refractivity contribution >= 4 is 18.3 Å². The van der Waals surface area contributed by atoms with Crippen LogP contribution in [0.3, 0.4) is 0 Å². The van der Waals surface area contributed by atoms with Gasteiger partial charge in [-0.05, 0) is 100 Å². The number of rotatable bonds is 5. The molecular formula is C20H35ClN2O. The molecule has 0 radical (unpaired) electrons. The van der Waals surface area contributed by atoms with Gasteiger partial charge in [0.1, 0.15) is 0 Å². The van der Waals surface area contributed by atoms with Gasteiger partial charge in [0.05, 0.1) is 0 Å². The van der Waals surface area contributed by atoms with Crippen LogP contribution in [0.25, 0.3) is 0 Å². The van der Waals surface area contributed by atoms with Crippen LogP contribution < -0.4 is 5.32 Å². The molecule has 1 saturated heterocycles. The molecule has 4 heteroatoms. The fraction of sp³-hybridized carbons (Fsp3) is 0.950. The molecule has 0 unspecified atom stereocenters. The van der Waals surface area contributed by atoms with E-state index >= 15 is 0 Å². The molecule has 0 aromatic rings. The first-order chi connectivity index (χ1) is 11.2. The van der Waals surface area contributed by atoms with Gasteiger partial charge in [0.2, 0.25) is 5.91 Å². The average Bonchev–Trinajstić information content (AvgIpc) is 2.51. The molecule has 4 saturated carbocycles. The fourth-order valence-corrected chi connectivity index (χ4v) is 6.76. The first-order valence-electron chi connectivity index (χ1n) is 10.1. The molecule has 1 amide bonds. The van der Waals surface area contributed by atoms with Crippen molar-refractivity contribution in [1.82, 2.24) is 10.2 Å². The first-order valence-corrected chi connectivity index (χ1v) is 10.1. The number of nitrogens with one attached hydrogen (secondary N) is 1. The summed E-state index contributed by atoms with van der Waals surface area (Å²) in [6.07, 6.45) is 13.1. The molecule has 1 N–H and O–H groups in total. The number of piperidine rings is 1. The van der Waals surface area contributed by atoms with Crippen LogP contribution in [0.5, 0.6) is 0 Å². The molecule has 5 aliphatic rings. The smallest absolute Gasteiger partial charge is 0.223 e. The summed E-state index contributed by atoms with van der Waals surface area (Å²) in [7, 11) is 2.03. The quantitative estimate of drug-likeness (QED) is 0.813. The maximum absolute atomic E-state index is 12.9. The summed E-state index contributed by atoms with van der Waals surface area (Å²) in [6, 6.07) is 0. The Morgan fingerprint density at radius 3 is 2.08 bits per heavy atom. The van der Waals surface area contributed by atoms with Gasteiger partial charge in [-0.25, -0.2) is 0 Å². The number of nitrogens with zero attached hydrogens (tertiary/aromatic N) is 1. The predicted molar refractivity (Wildman–Crippen MR) is 100 cm³/mol. The van der Waals surface area contributed by atoms with E-state index in [1.54, 1.807) is 0 Å². The molecule has 0 aromatic heterocycles. The first kappa shape index (κ1) is 18.5. The third-order valence-corrected chi connectivity index (χ3v) is 7.46. The van der Waals surface area contributed by atoms with Crippen LogP contribution in [0.4, 0.5) is 0 Å². The van der Waals surface area contributed by atoms with Crippen LogP contribution in [-0.2, 0) is 4.79 Å². The van der Waals surface area contributed by atoms with Crippen molar-refractivity contribution in [2.45, 2.75) is 64.2 Å². The number of likely N-dealkylation sites (tertiary alicyclic amines) is 1. The molecule has 1 aliphatic heterocycles. The highest BCUT2D eigenvalue weighted by Gasteiger charge is 2.51. The minimum absolute atomic E-state index is 0. The van der Waals surface area contributed by atoms with Crippen LogP contribution in [0.1, 0.15) is 64.2 Å². The molecule has 24 heavy (non-hydrogen) atoms. The summed E-state index contributed by atoms with van der Waals surface area (Å²) in [5, 5.41) is 3.25. The van der Waals surface area contributed by atoms with Crippen molar-refractivity contribution in [2.24, 2.45) is 29.1 Å². The lowest BCUT2D eigenvalue weighted by Crippen LogP contribution is -2.49. The zero-order chi connectivity index (χ0) is 15.9. The van der Waals surface area contributed by atoms with Crippen molar-refractivity contribution in [3.05, 3.63) is 0 Å². The van der Waals surface area contributed by atoms with Gasteiger partial charge in [0, 0.05) is 19.5 Å². The van der Waals surface area contributed by atoms with Crippen molar-refractivity contribution in [3.8, 4) is 0 Å². The van der Waals surface area contributed by atoms with E-state index in [4.69, 9.17) is 0 Å². The van der Waals surface area contributed by atoms with Crippen LogP contribution in [0.2, 0.25) is 0 Å². The largest absolute Gasteiger partial charge is 0.343 e. The summed E-state index contributed by atoms with van der Waals surface area (Å²) >= 11 is 0. The normalized spacial score (nSPS) is 38.2. The van der Waals surface area contributed by atoms with Crippen LogP contribution in [-0.4, -0.2) is 37.5 Å². The average molecular weight is 355 g/mol. The van der Waals surface area contributed by atoms with Crippen LogP contribution >= 0.6 is 12.4 Å². The Balaban J connectivity index is 0.00000169. The highest BCUT2D eigenvalue weighted by molar-refractivity contribution is 5.85. The van der Waals surface area contributed by atoms with E-state index in [-0.39, 0.29) is 12.4 Å². The van der Waals surface area contributed by atoms with E-state index < -0.39 is 0 Å². The Kier molecular flexibility index (Phi) is 5.81. The second-order valence-electron chi connectivity index (χ2n) is 9.31. The fourth-order valence-electron chi connectivity index (χ4n) is 6.76. The Morgan fingerprint density at radius 2 is 1.58 bits per heavy atom. The van der Waals surface area contributed by atoms with Gasteiger partial charge >= 0.3 is 0 Å². The molecule has 5 rings (SSSR count). The molecule has 0 aromatic carbocycles. The van der Waals surface area contributed by atoms with Gasteiger partial charge in [0.25, 0.3) is 0 Å². The molecule has 0 spiro atoms. The van der Waals surface area contributed by atoms with E-state index in [0.717, 1.165) is 49.7 Å². The SMILES string of the molecule is CNCCC1CCN(C(=O)CC23CC4CC(CC(C4)C2)C3)CC1.Cl. The van der Waals surface area contributed by atoms with E-state index in [2.05, 4.69) is 10.2 Å². The van der Waals surface area contributed by atoms with Gasteiger partial charge in [-0.15, -0.1) is 12.4 Å². The molecule has 4 aliphatic carbocycles. The van der Waals surface area contributed by atoms with Crippen LogP contribution in [0, 0.1) is 29.1 Å². The summed E-state index contributed by atoms with van der Waals surface area (Å²) in [5.41, 5.74) is 0.412. The summed E-state index contributed by atoms with van der Waals surface area (Å²) in [5.74, 6) is 4.19. The lowest BCUT2D eigenvalue weighted by molar-refractivity contribution is -0.140. The lowest BCUT2D eigenvalue weighted by Gasteiger charge is -2.57. The zero-order valence-electron chi connectivity index (χ0n) is 15.3. The van der Waals surface area contributed by atoms with Gasteiger partial charge < -0.3 is 10.2 Å². The summed E-state index contributed by atoms with van der Waals surface area (Å²) in [4.78, 5) is 15.1. The Morgan fingerprint density at radius 1 is 1.04 bits per heavy atom. The van der Waals surface area contributed by atoms with E-state index in [9.17, 15) is 4.79 Å². The summed E-state index contributed by atoms with van der Waals surface area (Å²) in [6.45, 7) is 3.14. The van der Waals surface area contributed by atoms with Gasteiger partial charge in [-0.2, -0.15) is 0 Å². The molecule has 4 bridgehead atoms. The number of hydrogen-bond acceptors (Lipinski definition) is 2. The Labute approximate surface area is 153 Å². The second-order valence-corrected chi connectivity index (χ2v) is 9.31. The minimum Gasteiger partial charge on any atom is -0.343 e. The van der Waals surface area contributed by atoms with Gasteiger partial charge in [-0.3, -0.25) is 4.79 Å². The van der Waals surface area contributed by atoms with Gasteiger partial charge in [0.15, 0.2) is 0 Å². The number of amides is 1. The standard InChI is InChI=1S/C20H34N2O.ClH/c1-21-5-2-15-3-6-22(7-4-15)19(23)14-20-11-16-8-17(12-20)10-18(9-16)13-20;/h15-18,21H,2-14H2,1H3;1H. The van der Waals surface area contributed by atoms with Crippen molar-refractivity contribution in [1.29, 1.82) is 0 Å². The molecule has 0 atom stereocenters. The third-order valence-electron chi connectivity index (χ3n) is 7.46. The second kappa shape index (κ2) is 7.53. The van der Waals surface area contributed by atoms with E-state index in [0.29, 0.717) is 11.3 Å². The maximum atomic E-state index is 12.9. The van der Waals surface area contributed by atoms with E-state index in [1.807, 2.05) is 7.05 Å². The topological polar surface area (TPSA) is 32.3 Å². The molecular weight excluding hydrogens is 320 g/mol. The third kappa shape index (κ3) is 3.77. The number of halogens is 1.